The average molecular weight is 517 g/mol. The minimum Gasteiger partial charge on any atom is -0.443 e. The molecule has 2 heterocycles. The number of hydrogen-bond donors (Lipinski definition) is 2. The highest BCUT2D eigenvalue weighted by Crippen LogP contribution is 2.33. The number of nitrogens with one attached hydrogen (secondary N) is 1. The first-order chi connectivity index (χ1) is 16.5. The Kier molecular flexibility index (Phi) is 6.85. The Hall–Kier alpha value is -3.39. The van der Waals surface area contributed by atoms with Crippen LogP contribution in [0.15, 0.2) is 52.9 Å². The standard InChI is InChI=1S/C22H24N6O5S2/c1-22(2,3)33-21(29)28(13-19-27-26-18(32-19)12-24-35(23,30)31)20-25-16-10-9-15(11-17(16)34-20)14-7-5-4-6-8-14/h4-11,24H,12-13H2,1-3H3,(H2,23,30,31). The van der Waals surface area contributed by atoms with Crippen LogP contribution in [0.5, 0.6) is 0 Å². The lowest BCUT2D eigenvalue weighted by atomic mass is 10.1. The van der Waals surface area contributed by atoms with Crippen molar-refractivity contribution in [3.63, 3.8) is 0 Å². The first-order valence-corrected chi connectivity index (χ1v) is 12.9. The van der Waals surface area contributed by atoms with Gasteiger partial charge in [-0.25, -0.2) is 19.8 Å². The van der Waals surface area contributed by atoms with Crippen LogP contribution in [-0.4, -0.2) is 35.3 Å². The maximum atomic E-state index is 13.1. The van der Waals surface area contributed by atoms with Gasteiger partial charge in [0.05, 0.1) is 16.8 Å². The molecule has 0 saturated heterocycles. The number of carbonyl (C=O) groups is 1. The summed E-state index contributed by atoms with van der Waals surface area (Å²) in [7, 11) is -3.92. The van der Waals surface area contributed by atoms with E-state index >= 15 is 0 Å². The molecule has 0 radical (unpaired) electrons. The van der Waals surface area contributed by atoms with Crippen molar-refractivity contribution in [1.29, 1.82) is 0 Å². The van der Waals surface area contributed by atoms with Crippen LogP contribution in [0.2, 0.25) is 0 Å². The summed E-state index contributed by atoms with van der Waals surface area (Å²) in [5.74, 6) is 0.0706. The smallest absolute Gasteiger partial charge is 0.417 e. The van der Waals surface area contributed by atoms with Crippen molar-refractivity contribution in [2.45, 2.75) is 39.5 Å². The average Bonchev–Trinajstić information content (AvgIpc) is 3.41. The monoisotopic (exact) mass is 516 g/mol. The zero-order valence-electron chi connectivity index (χ0n) is 19.3. The Labute approximate surface area is 206 Å². The van der Waals surface area contributed by atoms with Crippen LogP contribution in [0.3, 0.4) is 0 Å². The van der Waals surface area contributed by atoms with E-state index in [-0.39, 0.29) is 24.9 Å². The SMILES string of the molecule is CC(C)(C)OC(=O)N(Cc1nnc(CNS(N)(=O)=O)o1)c1nc2ccc(-c3ccccc3)cc2s1. The van der Waals surface area contributed by atoms with Gasteiger partial charge in [-0.15, -0.1) is 10.2 Å². The predicted molar refractivity (Wildman–Crippen MR) is 132 cm³/mol. The molecule has 35 heavy (non-hydrogen) atoms. The summed E-state index contributed by atoms with van der Waals surface area (Å²) < 4.78 is 36.2. The maximum absolute atomic E-state index is 13.1. The van der Waals surface area contributed by atoms with Gasteiger partial charge in [0.2, 0.25) is 11.8 Å². The number of nitrogens with two attached hydrogens (primary N) is 1. The van der Waals surface area contributed by atoms with Crippen molar-refractivity contribution in [2.24, 2.45) is 5.14 Å². The molecule has 0 fully saturated rings. The third-order valence-corrected chi connectivity index (χ3v) is 6.14. The fraction of sp³-hybridized carbons (Fsp3) is 0.273. The summed E-state index contributed by atoms with van der Waals surface area (Å²) in [5.41, 5.74) is 2.08. The van der Waals surface area contributed by atoms with Gasteiger partial charge >= 0.3 is 6.09 Å². The van der Waals surface area contributed by atoms with E-state index in [0.29, 0.717) is 5.13 Å². The highest BCUT2D eigenvalue weighted by molar-refractivity contribution is 7.87. The third kappa shape index (κ3) is 6.60. The zero-order chi connectivity index (χ0) is 25.2. The van der Waals surface area contributed by atoms with E-state index in [1.54, 1.807) is 20.8 Å². The van der Waals surface area contributed by atoms with Crippen LogP contribution < -0.4 is 14.8 Å². The number of aromatic nitrogens is 3. The van der Waals surface area contributed by atoms with Crippen LogP contribution >= 0.6 is 11.3 Å². The number of rotatable bonds is 7. The van der Waals surface area contributed by atoms with Crippen LogP contribution in [-0.2, 0) is 28.0 Å². The summed E-state index contributed by atoms with van der Waals surface area (Å²) >= 11 is 1.32. The van der Waals surface area contributed by atoms with Gasteiger partial charge in [-0.2, -0.15) is 13.1 Å². The van der Waals surface area contributed by atoms with Gasteiger partial charge in [0, 0.05) is 0 Å². The summed E-state index contributed by atoms with van der Waals surface area (Å²) in [6.45, 7) is 4.89. The van der Waals surface area contributed by atoms with Gasteiger partial charge in [0.25, 0.3) is 10.2 Å². The largest absolute Gasteiger partial charge is 0.443 e. The van der Waals surface area contributed by atoms with E-state index < -0.39 is 21.9 Å². The van der Waals surface area contributed by atoms with E-state index in [4.69, 9.17) is 14.3 Å². The molecule has 2 aromatic carbocycles. The minimum absolute atomic E-state index is 0.00466. The molecule has 0 unspecified atom stereocenters. The van der Waals surface area contributed by atoms with Gasteiger partial charge in [0.1, 0.15) is 12.1 Å². The molecular weight excluding hydrogens is 492 g/mol. The fourth-order valence-corrected chi connectivity index (χ4v) is 4.41. The van der Waals surface area contributed by atoms with Gasteiger partial charge in [-0.1, -0.05) is 47.7 Å². The molecule has 184 valence electrons. The Bertz CT molecular complexity index is 1440. The second-order valence-corrected chi connectivity index (χ2v) is 11.0. The summed E-state index contributed by atoms with van der Waals surface area (Å²) in [6, 6.07) is 15.8. The first kappa shape index (κ1) is 24.7. The number of benzene rings is 2. The van der Waals surface area contributed by atoms with Gasteiger partial charge < -0.3 is 9.15 Å². The number of hydrogen-bond acceptors (Lipinski definition) is 9. The number of nitrogens with zero attached hydrogens (tertiary/aromatic N) is 4. The number of fused-ring (bicyclic) bond motifs is 1. The van der Waals surface area contributed by atoms with Crippen molar-refractivity contribution < 1.29 is 22.4 Å². The normalized spacial score (nSPS) is 12.1. The summed E-state index contributed by atoms with van der Waals surface area (Å²) in [5, 5.41) is 13.0. The third-order valence-electron chi connectivity index (χ3n) is 4.56. The number of thiazole rings is 1. The Balaban J connectivity index is 1.63. The van der Waals surface area contributed by atoms with Crippen molar-refractivity contribution in [3.8, 4) is 11.1 Å². The fourth-order valence-electron chi connectivity index (χ4n) is 3.09. The molecule has 4 rings (SSSR count). The Morgan fingerprint density at radius 1 is 1.11 bits per heavy atom. The van der Waals surface area contributed by atoms with Gasteiger partial charge in [-0.3, -0.25) is 0 Å². The number of carbonyl (C=O) groups excluding carboxylic acids is 1. The molecule has 3 N–H and O–H groups in total. The minimum atomic E-state index is -3.92. The molecule has 2 aromatic heterocycles. The lowest BCUT2D eigenvalue weighted by Crippen LogP contribution is -2.36. The van der Waals surface area contributed by atoms with Crippen LogP contribution in [0.1, 0.15) is 32.6 Å². The lowest BCUT2D eigenvalue weighted by Gasteiger charge is -2.24. The second kappa shape index (κ2) is 9.70. The van der Waals surface area contributed by atoms with Crippen molar-refractivity contribution in [2.75, 3.05) is 4.90 Å². The second-order valence-electron chi connectivity index (χ2n) is 8.57. The molecule has 0 bridgehead atoms. The van der Waals surface area contributed by atoms with E-state index in [1.807, 2.05) is 48.5 Å². The van der Waals surface area contributed by atoms with Crippen molar-refractivity contribution in [3.05, 3.63) is 60.3 Å². The van der Waals surface area contributed by atoms with E-state index in [2.05, 4.69) is 19.9 Å². The van der Waals surface area contributed by atoms with Crippen LogP contribution in [0.25, 0.3) is 21.3 Å². The molecule has 11 nitrogen and oxygen atoms in total. The topological polar surface area (TPSA) is 154 Å². The molecule has 0 atom stereocenters. The molecule has 0 saturated carbocycles. The molecule has 13 heteroatoms. The van der Waals surface area contributed by atoms with E-state index in [9.17, 15) is 13.2 Å². The van der Waals surface area contributed by atoms with Gasteiger partial charge in [0.15, 0.2) is 5.13 Å². The number of ether oxygens (including phenoxy) is 1. The number of amides is 1. The lowest BCUT2D eigenvalue weighted by molar-refractivity contribution is 0.0574. The van der Waals surface area contributed by atoms with Crippen LogP contribution in [0, 0.1) is 0 Å². The number of anilines is 1. The first-order valence-electron chi connectivity index (χ1n) is 10.5. The molecule has 0 aliphatic rings. The predicted octanol–water partition coefficient (Wildman–Crippen LogP) is 3.58. The van der Waals surface area contributed by atoms with Gasteiger partial charge in [-0.05, 0) is 44.0 Å². The summed E-state index contributed by atoms with van der Waals surface area (Å²) in [4.78, 5) is 19.0. The van der Waals surface area contributed by atoms with E-state index in [1.165, 1.54) is 16.2 Å². The molecule has 0 aliphatic heterocycles. The molecule has 1 amide bonds. The Morgan fingerprint density at radius 3 is 2.51 bits per heavy atom. The van der Waals surface area contributed by atoms with Crippen molar-refractivity contribution in [1.82, 2.24) is 19.9 Å². The summed E-state index contributed by atoms with van der Waals surface area (Å²) in [6.07, 6.45) is -0.637. The maximum Gasteiger partial charge on any atom is 0.417 e. The highest BCUT2D eigenvalue weighted by Gasteiger charge is 2.28. The molecule has 0 aliphatic carbocycles. The van der Waals surface area contributed by atoms with E-state index in [0.717, 1.165) is 21.3 Å². The molecular formula is C22H24N6O5S2. The zero-order valence-corrected chi connectivity index (χ0v) is 20.9. The van der Waals surface area contributed by atoms with Crippen LogP contribution in [0.4, 0.5) is 9.93 Å². The quantitative estimate of drug-likeness (QED) is 0.378. The highest BCUT2D eigenvalue weighted by atomic mass is 32.2. The van der Waals surface area contributed by atoms with Crippen molar-refractivity contribution >= 4 is 43.0 Å². The molecule has 0 spiro atoms. The molecule has 4 aromatic rings. The Morgan fingerprint density at radius 2 is 1.83 bits per heavy atom.